The Morgan fingerprint density at radius 2 is 1.94 bits per heavy atom. The van der Waals surface area contributed by atoms with Crippen LogP contribution in [-0.2, 0) is 0 Å². The summed E-state index contributed by atoms with van der Waals surface area (Å²) in [4.78, 5) is 10.5. The Labute approximate surface area is 102 Å². The minimum atomic E-state index is 0.287. The SMILES string of the molecule is CCN1CCC(Oc2cnc(OC)nc2)CC1. The summed E-state index contributed by atoms with van der Waals surface area (Å²) in [7, 11) is 1.55. The van der Waals surface area contributed by atoms with Gasteiger partial charge in [-0.2, -0.15) is 9.97 Å². The lowest BCUT2D eigenvalue weighted by Gasteiger charge is -2.31. The number of hydrogen-bond donors (Lipinski definition) is 0. The van der Waals surface area contributed by atoms with E-state index in [9.17, 15) is 0 Å². The van der Waals surface area contributed by atoms with Crippen molar-refractivity contribution < 1.29 is 9.47 Å². The molecule has 0 aliphatic carbocycles. The second kappa shape index (κ2) is 5.82. The highest BCUT2D eigenvalue weighted by Gasteiger charge is 2.19. The summed E-state index contributed by atoms with van der Waals surface area (Å²) in [6.45, 7) is 5.53. The maximum atomic E-state index is 5.84. The molecule has 1 aromatic heterocycles. The Hall–Kier alpha value is -1.36. The Balaban J connectivity index is 1.84. The van der Waals surface area contributed by atoms with Crippen molar-refractivity contribution in [2.24, 2.45) is 0 Å². The molecule has 1 aliphatic heterocycles. The molecule has 5 nitrogen and oxygen atoms in total. The summed E-state index contributed by atoms with van der Waals surface area (Å²) < 4.78 is 10.7. The van der Waals surface area contributed by atoms with Crippen molar-refractivity contribution in [2.45, 2.75) is 25.9 Å². The highest BCUT2D eigenvalue weighted by molar-refractivity contribution is 5.14. The molecule has 1 fully saturated rings. The van der Waals surface area contributed by atoms with Crippen LogP contribution in [0, 0.1) is 0 Å². The zero-order valence-electron chi connectivity index (χ0n) is 10.4. The minimum Gasteiger partial charge on any atom is -0.487 e. The molecular weight excluding hydrogens is 218 g/mol. The van der Waals surface area contributed by atoms with Crippen LogP contribution in [0.15, 0.2) is 12.4 Å². The van der Waals surface area contributed by atoms with Crippen LogP contribution < -0.4 is 9.47 Å². The lowest BCUT2D eigenvalue weighted by atomic mass is 10.1. The molecule has 1 saturated heterocycles. The Bertz CT molecular complexity index is 334. The Morgan fingerprint density at radius 3 is 2.47 bits per heavy atom. The number of likely N-dealkylation sites (tertiary alicyclic amines) is 1. The van der Waals surface area contributed by atoms with E-state index in [1.807, 2.05) is 0 Å². The van der Waals surface area contributed by atoms with Crippen LogP contribution in [0.3, 0.4) is 0 Å². The van der Waals surface area contributed by atoms with Gasteiger partial charge in [-0.1, -0.05) is 6.92 Å². The Morgan fingerprint density at radius 1 is 1.29 bits per heavy atom. The summed E-state index contributed by atoms with van der Waals surface area (Å²) in [5.41, 5.74) is 0. The van der Waals surface area contributed by atoms with Gasteiger partial charge in [0.1, 0.15) is 6.10 Å². The number of aromatic nitrogens is 2. The Kier molecular flexibility index (Phi) is 4.14. The van der Waals surface area contributed by atoms with E-state index in [1.165, 1.54) is 0 Å². The van der Waals surface area contributed by atoms with Crippen LogP contribution in [-0.4, -0.2) is 47.7 Å². The van der Waals surface area contributed by atoms with Crippen molar-refractivity contribution in [1.82, 2.24) is 14.9 Å². The average molecular weight is 237 g/mol. The standard InChI is InChI=1S/C12H19N3O2/c1-3-15-6-4-10(5-7-15)17-11-8-13-12(16-2)14-9-11/h8-10H,3-7H2,1-2H3. The predicted molar refractivity (Wildman–Crippen MR) is 64.3 cm³/mol. The van der Waals surface area contributed by atoms with Crippen LogP contribution in [0.25, 0.3) is 0 Å². The molecule has 0 N–H and O–H groups in total. The van der Waals surface area contributed by atoms with E-state index in [4.69, 9.17) is 9.47 Å². The number of piperidine rings is 1. The lowest BCUT2D eigenvalue weighted by Crippen LogP contribution is -2.38. The van der Waals surface area contributed by atoms with Gasteiger partial charge in [-0.3, -0.25) is 0 Å². The fourth-order valence-electron chi connectivity index (χ4n) is 2.01. The first-order valence-corrected chi connectivity index (χ1v) is 6.07. The van der Waals surface area contributed by atoms with Gasteiger partial charge in [0.15, 0.2) is 5.75 Å². The molecule has 2 heterocycles. The van der Waals surface area contributed by atoms with E-state index in [0.717, 1.165) is 38.2 Å². The van der Waals surface area contributed by atoms with Crippen LogP contribution in [0.4, 0.5) is 0 Å². The first-order valence-electron chi connectivity index (χ1n) is 6.07. The third-order valence-corrected chi connectivity index (χ3v) is 3.07. The summed E-state index contributed by atoms with van der Waals surface area (Å²) in [6, 6.07) is 0.373. The largest absolute Gasteiger partial charge is 0.487 e. The summed E-state index contributed by atoms with van der Waals surface area (Å²) >= 11 is 0. The average Bonchev–Trinajstić information content (AvgIpc) is 2.40. The highest BCUT2D eigenvalue weighted by atomic mass is 16.5. The molecule has 0 radical (unpaired) electrons. The maximum absolute atomic E-state index is 5.84. The van der Waals surface area contributed by atoms with Crippen molar-refractivity contribution in [3.05, 3.63) is 12.4 Å². The first kappa shape index (κ1) is 12.1. The van der Waals surface area contributed by atoms with Gasteiger partial charge in [0.25, 0.3) is 0 Å². The normalized spacial score (nSPS) is 18.0. The minimum absolute atomic E-state index is 0.287. The number of nitrogens with zero attached hydrogens (tertiary/aromatic N) is 3. The van der Waals surface area contributed by atoms with Gasteiger partial charge in [-0.25, -0.2) is 0 Å². The third-order valence-electron chi connectivity index (χ3n) is 3.07. The molecule has 1 aromatic rings. The fraction of sp³-hybridized carbons (Fsp3) is 0.667. The van der Waals surface area contributed by atoms with Gasteiger partial charge in [-0.05, 0) is 19.4 Å². The number of methoxy groups -OCH3 is 1. The second-order valence-electron chi connectivity index (χ2n) is 4.16. The van der Waals surface area contributed by atoms with Crippen molar-refractivity contribution in [3.8, 4) is 11.8 Å². The highest BCUT2D eigenvalue weighted by Crippen LogP contribution is 2.18. The molecule has 1 aliphatic rings. The molecule has 17 heavy (non-hydrogen) atoms. The van der Waals surface area contributed by atoms with Crippen molar-refractivity contribution >= 4 is 0 Å². The van der Waals surface area contributed by atoms with Crippen LogP contribution >= 0.6 is 0 Å². The monoisotopic (exact) mass is 237 g/mol. The smallest absolute Gasteiger partial charge is 0.316 e. The van der Waals surface area contributed by atoms with Gasteiger partial charge in [0, 0.05) is 13.1 Å². The predicted octanol–water partition coefficient (Wildman–Crippen LogP) is 1.35. The van der Waals surface area contributed by atoms with Crippen molar-refractivity contribution in [1.29, 1.82) is 0 Å². The molecule has 5 heteroatoms. The molecular formula is C12H19N3O2. The van der Waals surface area contributed by atoms with Crippen LogP contribution in [0.2, 0.25) is 0 Å². The van der Waals surface area contributed by atoms with Gasteiger partial charge in [0.05, 0.1) is 19.5 Å². The summed E-state index contributed by atoms with van der Waals surface area (Å²) in [5, 5.41) is 0. The molecule has 0 aromatic carbocycles. The molecule has 0 atom stereocenters. The molecule has 2 rings (SSSR count). The topological polar surface area (TPSA) is 47.5 Å². The lowest BCUT2D eigenvalue weighted by molar-refractivity contribution is 0.103. The van der Waals surface area contributed by atoms with Crippen molar-refractivity contribution in [2.75, 3.05) is 26.7 Å². The third kappa shape index (κ3) is 3.30. The van der Waals surface area contributed by atoms with Gasteiger partial charge in [0.2, 0.25) is 0 Å². The summed E-state index contributed by atoms with van der Waals surface area (Å²) in [6.07, 6.45) is 5.75. The fourth-order valence-corrected chi connectivity index (χ4v) is 2.01. The number of ether oxygens (including phenoxy) is 2. The van der Waals surface area contributed by atoms with Gasteiger partial charge < -0.3 is 14.4 Å². The van der Waals surface area contributed by atoms with Gasteiger partial charge >= 0.3 is 6.01 Å². The summed E-state index contributed by atoms with van der Waals surface area (Å²) in [5.74, 6) is 0.723. The molecule has 0 unspecified atom stereocenters. The molecule has 0 saturated carbocycles. The van der Waals surface area contributed by atoms with E-state index in [2.05, 4.69) is 21.8 Å². The van der Waals surface area contributed by atoms with E-state index in [-0.39, 0.29) is 6.10 Å². The number of rotatable bonds is 4. The molecule has 0 bridgehead atoms. The van der Waals surface area contributed by atoms with Gasteiger partial charge in [-0.15, -0.1) is 0 Å². The maximum Gasteiger partial charge on any atom is 0.316 e. The molecule has 0 amide bonds. The quantitative estimate of drug-likeness (QED) is 0.791. The van der Waals surface area contributed by atoms with E-state index in [1.54, 1.807) is 19.5 Å². The molecule has 0 spiro atoms. The molecule has 94 valence electrons. The zero-order chi connectivity index (χ0) is 12.1. The van der Waals surface area contributed by atoms with E-state index < -0.39 is 0 Å². The van der Waals surface area contributed by atoms with E-state index in [0.29, 0.717) is 6.01 Å². The van der Waals surface area contributed by atoms with Crippen LogP contribution in [0.5, 0.6) is 11.8 Å². The van der Waals surface area contributed by atoms with Crippen molar-refractivity contribution in [3.63, 3.8) is 0 Å². The first-order chi connectivity index (χ1) is 8.31. The number of hydrogen-bond acceptors (Lipinski definition) is 5. The zero-order valence-corrected chi connectivity index (χ0v) is 10.4. The van der Waals surface area contributed by atoms with Crippen LogP contribution in [0.1, 0.15) is 19.8 Å². The second-order valence-corrected chi connectivity index (χ2v) is 4.16. The van der Waals surface area contributed by atoms with E-state index >= 15 is 0 Å².